The number of rotatable bonds is 4. The Morgan fingerprint density at radius 1 is 0.900 bits per heavy atom. The van der Waals surface area contributed by atoms with Crippen LogP contribution in [0.25, 0.3) is 0 Å². The van der Waals surface area contributed by atoms with E-state index in [9.17, 15) is 19.8 Å². The van der Waals surface area contributed by atoms with Gasteiger partial charge >= 0.3 is 5.97 Å². The third-order valence-corrected chi connectivity index (χ3v) is 3.21. The lowest BCUT2D eigenvalue weighted by molar-refractivity contribution is -0.155. The highest BCUT2D eigenvalue weighted by Gasteiger charge is 2.39. The molecule has 0 aliphatic carbocycles. The fraction of sp³-hybridized carbons (Fsp3) is 0.125. The molecule has 102 valence electrons. The quantitative estimate of drug-likeness (QED) is 0.835. The van der Waals surface area contributed by atoms with Crippen LogP contribution in [0.15, 0.2) is 54.6 Å². The zero-order valence-electron chi connectivity index (χ0n) is 10.9. The molecule has 0 aliphatic heterocycles. The van der Waals surface area contributed by atoms with Crippen LogP contribution in [0.5, 0.6) is 0 Å². The first-order chi connectivity index (χ1) is 9.46. The molecule has 0 amide bonds. The standard InChI is InChI=1S/C16H14O4/c1-11(17)12-7-9-14(10-8-12)16(20,15(18)19)13-5-3-2-4-6-13/h2-10,20H,1H3,(H,18,19). The molecule has 1 unspecified atom stereocenters. The summed E-state index contributed by atoms with van der Waals surface area (Å²) >= 11 is 0. The molecular formula is C16H14O4. The number of carbonyl (C=O) groups excluding carboxylic acids is 1. The lowest BCUT2D eigenvalue weighted by Gasteiger charge is -2.24. The SMILES string of the molecule is CC(=O)c1ccc(C(O)(C(=O)O)c2ccccc2)cc1. The van der Waals surface area contributed by atoms with E-state index < -0.39 is 11.6 Å². The predicted octanol–water partition coefficient (Wildman–Crippen LogP) is 2.21. The van der Waals surface area contributed by atoms with Crippen LogP contribution in [-0.4, -0.2) is 22.0 Å². The minimum absolute atomic E-state index is 0.116. The van der Waals surface area contributed by atoms with Crippen LogP contribution in [0.1, 0.15) is 28.4 Å². The van der Waals surface area contributed by atoms with E-state index in [1.807, 2.05) is 0 Å². The van der Waals surface area contributed by atoms with E-state index in [1.165, 1.54) is 31.2 Å². The Bertz CT molecular complexity index is 631. The van der Waals surface area contributed by atoms with Crippen molar-refractivity contribution in [2.75, 3.05) is 0 Å². The van der Waals surface area contributed by atoms with Crippen molar-refractivity contribution in [1.82, 2.24) is 0 Å². The molecule has 2 aromatic carbocycles. The molecule has 0 spiro atoms. The van der Waals surface area contributed by atoms with E-state index in [4.69, 9.17) is 0 Å². The topological polar surface area (TPSA) is 74.6 Å². The maximum Gasteiger partial charge on any atom is 0.345 e. The number of carboxylic acid groups (broad SMARTS) is 1. The summed E-state index contributed by atoms with van der Waals surface area (Å²) in [6, 6.07) is 14.1. The van der Waals surface area contributed by atoms with Crippen molar-refractivity contribution in [2.24, 2.45) is 0 Å². The average molecular weight is 270 g/mol. The van der Waals surface area contributed by atoms with Gasteiger partial charge in [-0.15, -0.1) is 0 Å². The summed E-state index contributed by atoms with van der Waals surface area (Å²) < 4.78 is 0. The molecular weight excluding hydrogens is 256 g/mol. The average Bonchev–Trinajstić information content (AvgIpc) is 2.47. The summed E-state index contributed by atoms with van der Waals surface area (Å²) in [6.07, 6.45) is 0. The summed E-state index contributed by atoms with van der Waals surface area (Å²) in [5.41, 5.74) is -1.19. The van der Waals surface area contributed by atoms with Crippen molar-refractivity contribution in [2.45, 2.75) is 12.5 Å². The summed E-state index contributed by atoms with van der Waals surface area (Å²) in [4.78, 5) is 22.8. The van der Waals surface area contributed by atoms with Gasteiger partial charge in [-0.1, -0.05) is 54.6 Å². The van der Waals surface area contributed by atoms with Crippen LogP contribution in [0, 0.1) is 0 Å². The van der Waals surface area contributed by atoms with Gasteiger partial charge in [0.25, 0.3) is 0 Å². The molecule has 0 saturated heterocycles. The fourth-order valence-electron chi connectivity index (χ4n) is 2.04. The normalized spacial score (nSPS) is 13.5. The van der Waals surface area contributed by atoms with Crippen molar-refractivity contribution in [3.8, 4) is 0 Å². The number of Topliss-reactive ketones (excluding diaryl/α,β-unsaturated/α-hetero) is 1. The molecule has 0 aliphatic rings. The Kier molecular flexibility index (Phi) is 3.68. The molecule has 0 fully saturated rings. The number of ketones is 1. The van der Waals surface area contributed by atoms with E-state index in [1.54, 1.807) is 30.3 Å². The molecule has 0 aromatic heterocycles. The van der Waals surface area contributed by atoms with Crippen molar-refractivity contribution in [1.29, 1.82) is 0 Å². The van der Waals surface area contributed by atoms with Gasteiger partial charge in [0.15, 0.2) is 5.78 Å². The van der Waals surface area contributed by atoms with Crippen LogP contribution in [0.4, 0.5) is 0 Å². The van der Waals surface area contributed by atoms with Gasteiger partial charge in [-0.25, -0.2) is 4.79 Å². The van der Waals surface area contributed by atoms with Gasteiger partial charge in [-0.2, -0.15) is 0 Å². The van der Waals surface area contributed by atoms with E-state index >= 15 is 0 Å². The molecule has 20 heavy (non-hydrogen) atoms. The van der Waals surface area contributed by atoms with Crippen LogP contribution in [0.3, 0.4) is 0 Å². The van der Waals surface area contributed by atoms with Gasteiger partial charge in [-0.05, 0) is 18.1 Å². The highest BCUT2D eigenvalue weighted by atomic mass is 16.4. The van der Waals surface area contributed by atoms with Gasteiger partial charge in [0, 0.05) is 5.56 Å². The highest BCUT2D eigenvalue weighted by Crippen LogP contribution is 2.30. The van der Waals surface area contributed by atoms with Crippen LogP contribution in [-0.2, 0) is 10.4 Å². The Balaban J connectivity index is 2.54. The van der Waals surface area contributed by atoms with Crippen molar-refractivity contribution >= 4 is 11.8 Å². The van der Waals surface area contributed by atoms with Gasteiger partial charge in [0.2, 0.25) is 5.60 Å². The van der Waals surface area contributed by atoms with Crippen LogP contribution in [0.2, 0.25) is 0 Å². The third-order valence-electron chi connectivity index (χ3n) is 3.21. The van der Waals surface area contributed by atoms with E-state index in [0.717, 1.165) is 0 Å². The maximum absolute atomic E-state index is 11.5. The van der Waals surface area contributed by atoms with Crippen LogP contribution >= 0.6 is 0 Å². The second kappa shape index (κ2) is 5.27. The number of hydrogen-bond donors (Lipinski definition) is 2. The number of carbonyl (C=O) groups is 2. The minimum atomic E-state index is -2.13. The molecule has 4 heteroatoms. The first kappa shape index (κ1) is 14.0. The van der Waals surface area contributed by atoms with Gasteiger partial charge in [-0.3, -0.25) is 4.79 Å². The Morgan fingerprint density at radius 2 is 1.40 bits per heavy atom. The zero-order valence-corrected chi connectivity index (χ0v) is 10.9. The van der Waals surface area contributed by atoms with Gasteiger partial charge < -0.3 is 10.2 Å². The number of carboxylic acids is 1. The van der Waals surface area contributed by atoms with Crippen LogP contribution < -0.4 is 0 Å². The van der Waals surface area contributed by atoms with Crippen molar-refractivity contribution < 1.29 is 19.8 Å². The van der Waals surface area contributed by atoms with Crippen molar-refractivity contribution in [3.05, 3.63) is 71.3 Å². The lowest BCUT2D eigenvalue weighted by Crippen LogP contribution is -2.36. The highest BCUT2D eigenvalue weighted by molar-refractivity contribution is 5.94. The maximum atomic E-state index is 11.5. The molecule has 2 N–H and O–H groups in total. The van der Waals surface area contributed by atoms with Gasteiger partial charge in [0.05, 0.1) is 0 Å². The molecule has 0 heterocycles. The summed E-state index contributed by atoms with van der Waals surface area (Å²) in [5, 5.41) is 20.0. The minimum Gasteiger partial charge on any atom is -0.479 e. The number of benzene rings is 2. The smallest absolute Gasteiger partial charge is 0.345 e. The second-order valence-corrected chi connectivity index (χ2v) is 4.52. The number of hydrogen-bond acceptors (Lipinski definition) is 3. The molecule has 0 saturated carbocycles. The first-order valence-corrected chi connectivity index (χ1v) is 6.09. The molecule has 4 nitrogen and oxygen atoms in total. The third kappa shape index (κ3) is 2.33. The predicted molar refractivity (Wildman–Crippen MR) is 73.5 cm³/mol. The van der Waals surface area contributed by atoms with E-state index in [0.29, 0.717) is 5.56 Å². The number of aliphatic hydroxyl groups is 1. The molecule has 0 radical (unpaired) electrons. The number of aliphatic carboxylic acids is 1. The molecule has 2 rings (SSSR count). The summed E-state index contributed by atoms with van der Waals surface area (Å²) in [5.74, 6) is -1.48. The summed E-state index contributed by atoms with van der Waals surface area (Å²) in [6.45, 7) is 1.43. The monoisotopic (exact) mass is 270 g/mol. The zero-order chi connectivity index (χ0) is 14.8. The Labute approximate surface area is 116 Å². The Morgan fingerprint density at radius 3 is 1.85 bits per heavy atom. The van der Waals surface area contributed by atoms with E-state index in [2.05, 4.69) is 0 Å². The molecule has 1 atom stereocenters. The molecule has 0 bridgehead atoms. The first-order valence-electron chi connectivity index (χ1n) is 6.09. The molecule has 2 aromatic rings. The Hall–Kier alpha value is -2.46. The largest absolute Gasteiger partial charge is 0.479 e. The van der Waals surface area contributed by atoms with Gasteiger partial charge in [0.1, 0.15) is 0 Å². The lowest BCUT2D eigenvalue weighted by atomic mass is 9.86. The van der Waals surface area contributed by atoms with Crippen molar-refractivity contribution in [3.63, 3.8) is 0 Å². The fourth-order valence-corrected chi connectivity index (χ4v) is 2.04. The second-order valence-electron chi connectivity index (χ2n) is 4.52. The summed E-state index contributed by atoms with van der Waals surface area (Å²) in [7, 11) is 0. The van der Waals surface area contributed by atoms with E-state index in [-0.39, 0.29) is 16.9 Å².